The Bertz CT molecular complexity index is 104. The van der Waals surface area contributed by atoms with Gasteiger partial charge in [-0.1, -0.05) is 40.5 Å². The highest BCUT2D eigenvalue weighted by Crippen LogP contribution is 2.33. The molecule has 0 aliphatic heterocycles. The van der Waals surface area contributed by atoms with E-state index < -0.39 is 0 Å². The van der Waals surface area contributed by atoms with Crippen LogP contribution in [0, 0.1) is 11.3 Å². The molecule has 0 aromatic heterocycles. The lowest BCUT2D eigenvalue weighted by Gasteiger charge is -2.35. The summed E-state index contributed by atoms with van der Waals surface area (Å²) in [7, 11) is 2.05. The molecule has 0 fully saturated rings. The molecule has 74 valence electrons. The summed E-state index contributed by atoms with van der Waals surface area (Å²) in [5, 5.41) is 3.31. The zero-order valence-electron chi connectivity index (χ0n) is 9.41. The van der Waals surface area contributed by atoms with E-state index in [9.17, 15) is 0 Å². The molecular weight excluding hydrogens is 146 g/mol. The van der Waals surface area contributed by atoms with Gasteiger partial charge < -0.3 is 5.32 Å². The molecule has 0 heterocycles. The van der Waals surface area contributed by atoms with Crippen molar-refractivity contribution >= 4 is 0 Å². The lowest BCUT2D eigenvalue weighted by atomic mass is 9.73. The summed E-state index contributed by atoms with van der Waals surface area (Å²) in [6.45, 7) is 10.5. The third-order valence-electron chi connectivity index (χ3n) is 3.20. The Morgan fingerprint density at radius 2 is 1.92 bits per heavy atom. The van der Waals surface area contributed by atoms with Gasteiger partial charge in [0, 0.05) is 6.54 Å². The molecule has 0 rings (SSSR count). The predicted molar refractivity (Wildman–Crippen MR) is 56.4 cm³/mol. The molecule has 1 unspecified atom stereocenters. The van der Waals surface area contributed by atoms with E-state index in [0.717, 1.165) is 12.5 Å². The van der Waals surface area contributed by atoms with Crippen molar-refractivity contribution in [1.82, 2.24) is 5.32 Å². The lowest BCUT2D eigenvalue weighted by molar-refractivity contribution is 0.174. The van der Waals surface area contributed by atoms with E-state index in [2.05, 4.69) is 40.1 Å². The smallest absolute Gasteiger partial charge is 0.000470 e. The number of hydrogen-bond acceptors (Lipinski definition) is 1. The fraction of sp³-hybridized carbons (Fsp3) is 1.00. The summed E-state index contributed by atoms with van der Waals surface area (Å²) in [4.78, 5) is 0. The molecule has 0 aromatic carbocycles. The molecule has 1 nitrogen and oxygen atoms in total. The largest absolute Gasteiger partial charge is 0.319 e. The minimum atomic E-state index is 0.498. The van der Waals surface area contributed by atoms with Gasteiger partial charge in [0.25, 0.3) is 0 Å². The summed E-state index contributed by atoms with van der Waals surface area (Å²) >= 11 is 0. The quantitative estimate of drug-likeness (QED) is 0.647. The summed E-state index contributed by atoms with van der Waals surface area (Å²) in [5.74, 6) is 0.824. The number of hydrogen-bond donors (Lipinski definition) is 1. The second-order valence-electron chi connectivity index (χ2n) is 4.24. The second-order valence-corrected chi connectivity index (χ2v) is 4.24. The molecule has 0 bridgehead atoms. The van der Waals surface area contributed by atoms with E-state index in [1.54, 1.807) is 0 Å². The van der Waals surface area contributed by atoms with Crippen molar-refractivity contribution in [3.05, 3.63) is 0 Å². The van der Waals surface area contributed by atoms with Crippen LogP contribution in [0.4, 0.5) is 0 Å². The molecule has 1 N–H and O–H groups in total. The van der Waals surface area contributed by atoms with Crippen LogP contribution in [0.5, 0.6) is 0 Å². The normalized spacial score (nSPS) is 18.8. The van der Waals surface area contributed by atoms with Gasteiger partial charge in [-0.25, -0.2) is 0 Å². The van der Waals surface area contributed by atoms with Gasteiger partial charge in [0.1, 0.15) is 0 Å². The summed E-state index contributed by atoms with van der Waals surface area (Å²) in [6.07, 6.45) is 3.92. The van der Waals surface area contributed by atoms with Crippen LogP contribution in [0.25, 0.3) is 0 Å². The first-order valence-electron chi connectivity index (χ1n) is 5.25. The molecule has 0 saturated carbocycles. The van der Waals surface area contributed by atoms with Gasteiger partial charge >= 0.3 is 0 Å². The van der Waals surface area contributed by atoms with Gasteiger partial charge in [-0.3, -0.25) is 0 Å². The maximum atomic E-state index is 3.31. The first-order valence-corrected chi connectivity index (χ1v) is 5.25. The first kappa shape index (κ1) is 12.0. The zero-order chi connectivity index (χ0) is 9.61. The Hall–Kier alpha value is -0.0400. The Balaban J connectivity index is 4.15. The maximum Gasteiger partial charge on any atom is 0.000470 e. The fourth-order valence-electron chi connectivity index (χ4n) is 1.98. The molecule has 0 aliphatic carbocycles. The van der Waals surface area contributed by atoms with E-state index in [1.807, 2.05) is 0 Å². The molecule has 0 aromatic rings. The molecule has 0 radical (unpaired) electrons. The molecule has 2 atom stereocenters. The van der Waals surface area contributed by atoms with Gasteiger partial charge in [0.15, 0.2) is 0 Å². The highest BCUT2D eigenvalue weighted by Gasteiger charge is 2.27. The molecule has 0 spiro atoms. The molecule has 0 aliphatic rings. The fourth-order valence-corrected chi connectivity index (χ4v) is 1.98. The van der Waals surface area contributed by atoms with Crippen LogP contribution >= 0.6 is 0 Å². The van der Waals surface area contributed by atoms with Crippen molar-refractivity contribution < 1.29 is 0 Å². The van der Waals surface area contributed by atoms with Crippen LogP contribution < -0.4 is 5.32 Å². The average molecular weight is 171 g/mol. The van der Waals surface area contributed by atoms with E-state index >= 15 is 0 Å². The Morgan fingerprint density at radius 1 is 1.33 bits per heavy atom. The molecule has 0 saturated heterocycles. The third-order valence-corrected chi connectivity index (χ3v) is 3.20. The standard InChI is InChI=1S/C11H25N/c1-6-8-11(4,9-12-5)10(3)7-2/h10,12H,6-9H2,1-5H3/t10-,11?/m0/s1. The predicted octanol–water partition coefficient (Wildman–Crippen LogP) is 3.06. The second kappa shape index (κ2) is 5.58. The molecule has 0 amide bonds. The summed E-state index contributed by atoms with van der Waals surface area (Å²) in [5.41, 5.74) is 0.498. The lowest BCUT2D eigenvalue weighted by Crippen LogP contribution is -2.35. The summed E-state index contributed by atoms with van der Waals surface area (Å²) in [6, 6.07) is 0. The van der Waals surface area contributed by atoms with Crippen molar-refractivity contribution in [2.45, 2.75) is 47.0 Å². The zero-order valence-corrected chi connectivity index (χ0v) is 9.41. The molecule has 12 heavy (non-hydrogen) atoms. The van der Waals surface area contributed by atoms with Gasteiger partial charge in [-0.2, -0.15) is 0 Å². The van der Waals surface area contributed by atoms with Crippen LogP contribution in [-0.2, 0) is 0 Å². The van der Waals surface area contributed by atoms with Crippen LogP contribution in [0.15, 0.2) is 0 Å². The van der Waals surface area contributed by atoms with Crippen molar-refractivity contribution in [3.63, 3.8) is 0 Å². The highest BCUT2D eigenvalue weighted by atomic mass is 14.8. The van der Waals surface area contributed by atoms with Crippen molar-refractivity contribution in [1.29, 1.82) is 0 Å². The van der Waals surface area contributed by atoms with Crippen LogP contribution in [0.2, 0.25) is 0 Å². The SMILES string of the molecule is CCCC(C)(CNC)[C@@H](C)CC. The Morgan fingerprint density at radius 3 is 2.25 bits per heavy atom. The average Bonchev–Trinajstić information content (AvgIpc) is 2.04. The van der Waals surface area contributed by atoms with Gasteiger partial charge in [0.2, 0.25) is 0 Å². The summed E-state index contributed by atoms with van der Waals surface area (Å²) < 4.78 is 0. The number of nitrogens with one attached hydrogen (secondary N) is 1. The topological polar surface area (TPSA) is 12.0 Å². The van der Waals surface area contributed by atoms with Gasteiger partial charge in [0.05, 0.1) is 0 Å². The van der Waals surface area contributed by atoms with Crippen molar-refractivity contribution in [2.24, 2.45) is 11.3 Å². The Kier molecular flexibility index (Phi) is 5.56. The van der Waals surface area contributed by atoms with E-state index in [1.165, 1.54) is 19.3 Å². The van der Waals surface area contributed by atoms with Gasteiger partial charge in [-0.15, -0.1) is 0 Å². The van der Waals surface area contributed by atoms with Crippen LogP contribution in [0.3, 0.4) is 0 Å². The van der Waals surface area contributed by atoms with Crippen molar-refractivity contribution in [2.75, 3.05) is 13.6 Å². The van der Waals surface area contributed by atoms with Gasteiger partial charge in [-0.05, 0) is 24.8 Å². The number of rotatable bonds is 6. The monoisotopic (exact) mass is 171 g/mol. The van der Waals surface area contributed by atoms with E-state index in [0.29, 0.717) is 5.41 Å². The first-order chi connectivity index (χ1) is 5.60. The van der Waals surface area contributed by atoms with E-state index in [4.69, 9.17) is 0 Å². The van der Waals surface area contributed by atoms with Crippen molar-refractivity contribution in [3.8, 4) is 0 Å². The minimum absolute atomic E-state index is 0.498. The van der Waals surface area contributed by atoms with Crippen LogP contribution in [0.1, 0.15) is 47.0 Å². The third kappa shape index (κ3) is 3.14. The highest BCUT2D eigenvalue weighted by molar-refractivity contribution is 4.80. The Labute approximate surface area is 77.9 Å². The molecular formula is C11H25N. The van der Waals surface area contributed by atoms with E-state index in [-0.39, 0.29) is 0 Å². The maximum absolute atomic E-state index is 3.31. The van der Waals surface area contributed by atoms with Crippen LogP contribution in [-0.4, -0.2) is 13.6 Å². The molecule has 1 heteroatoms. The minimum Gasteiger partial charge on any atom is -0.319 e.